The summed E-state index contributed by atoms with van der Waals surface area (Å²) in [6.07, 6.45) is 18.4. The number of rotatable bonds is 14. The van der Waals surface area contributed by atoms with E-state index in [1.54, 1.807) is 0 Å². The van der Waals surface area contributed by atoms with Gasteiger partial charge in [-0.3, -0.25) is 4.48 Å². The van der Waals surface area contributed by atoms with Gasteiger partial charge in [0.25, 0.3) is 0 Å². The van der Waals surface area contributed by atoms with E-state index in [0.29, 0.717) is 0 Å². The first-order chi connectivity index (χ1) is 11.5. The van der Waals surface area contributed by atoms with Gasteiger partial charge in [-0.15, -0.1) is 0 Å². The lowest BCUT2D eigenvalue weighted by Gasteiger charge is -2.23. The first-order valence-corrected chi connectivity index (χ1v) is 10.4. The molecule has 24 heavy (non-hydrogen) atoms. The fraction of sp³-hybridized carbons (Fsp3) is 0.739. The van der Waals surface area contributed by atoms with E-state index < -0.39 is 0 Å². The molecule has 0 saturated heterocycles. The lowest BCUT2D eigenvalue weighted by molar-refractivity contribution is 0.486. The van der Waals surface area contributed by atoms with E-state index in [2.05, 4.69) is 52.3 Å². The zero-order valence-corrected chi connectivity index (χ0v) is 16.9. The molecule has 0 aliphatic heterocycles. The SMILES string of the molecule is CCCCCCCCCCCCCCc1ccc([N+](C)(C)C)cc1. The third-order valence-electron chi connectivity index (χ3n) is 5.03. The van der Waals surface area contributed by atoms with Gasteiger partial charge in [-0.25, -0.2) is 0 Å². The Bertz CT molecular complexity index is 399. The molecule has 0 aliphatic rings. The molecule has 1 aromatic carbocycles. The van der Waals surface area contributed by atoms with Crippen LogP contribution < -0.4 is 4.48 Å². The molecule has 0 radical (unpaired) electrons. The van der Waals surface area contributed by atoms with E-state index in [1.165, 1.54) is 94.7 Å². The van der Waals surface area contributed by atoms with Crippen LogP contribution in [0.5, 0.6) is 0 Å². The van der Waals surface area contributed by atoms with Gasteiger partial charge in [0.1, 0.15) is 5.69 Å². The van der Waals surface area contributed by atoms with Gasteiger partial charge in [-0.2, -0.15) is 0 Å². The summed E-state index contributed by atoms with van der Waals surface area (Å²) < 4.78 is 0.902. The van der Waals surface area contributed by atoms with Crippen molar-refractivity contribution < 1.29 is 0 Å². The first-order valence-electron chi connectivity index (χ1n) is 10.4. The molecular weight excluding hydrogens is 290 g/mol. The molecule has 0 aliphatic carbocycles. The highest BCUT2D eigenvalue weighted by atomic mass is 15.3. The predicted molar refractivity (Wildman–Crippen MR) is 111 cm³/mol. The van der Waals surface area contributed by atoms with Gasteiger partial charge in [0.05, 0.1) is 21.1 Å². The van der Waals surface area contributed by atoms with Crippen molar-refractivity contribution >= 4 is 5.69 Å². The van der Waals surface area contributed by atoms with Crippen molar-refractivity contribution in [2.75, 3.05) is 21.1 Å². The summed E-state index contributed by atoms with van der Waals surface area (Å²) >= 11 is 0. The Morgan fingerprint density at radius 3 is 1.42 bits per heavy atom. The summed E-state index contributed by atoms with van der Waals surface area (Å²) in [7, 11) is 6.67. The highest BCUT2D eigenvalue weighted by Crippen LogP contribution is 2.19. The quantitative estimate of drug-likeness (QED) is 0.251. The molecule has 0 amide bonds. The summed E-state index contributed by atoms with van der Waals surface area (Å²) in [6, 6.07) is 9.21. The zero-order chi connectivity index (χ0) is 17.7. The first kappa shape index (κ1) is 21.2. The molecule has 0 fully saturated rings. The molecule has 0 aromatic heterocycles. The molecule has 1 heteroatoms. The smallest absolute Gasteiger partial charge is 0.132 e. The monoisotopic (exact) mass is 332 g/mol. The second kappa shape index (κ2) is 12.5. The second-order valence-electron chi connectivity index (χ2n) is 8.32. The second-order valence-corrected chi connectivity index (χ2v) is 8.32. The highest BCUT2D eigenvalue weighted by Gasteiger charge is 2.10. The maximum absolute atomic E-state index is 2.32. The average Bonchev–Trinajstić information content (AvgIpc) is 2.55. The lowest BCUT2D eigenvalue weighted by atomic mass is 10.0. The Balaban J connectivity index is 1.95. The largest absolute Gasteiger partial charge is 0.298 e. The van der Waals surface area contributed by atoms with E-state index in [9.17, 15) is 0 Å². The van der Waals surface area contributed by atoms with E-state index in [4.69, 9.17) is 0 Å². The van der Waals surface area contributed by atoms with Crippen LogP contribution >= 0.6 is 0 Å². The van der Waals surface area contributed by atoms with E-state index in [0.717, 1.165) is 4.48 Å². The van der Waals surface area contributed by atoms with Gasteiger partial charge in [0, 0.05) is 0 Å². The molecule has 1 aromatic rings. The van der Waals surface area contributed by atoms with Crippen molar-refractivity contribution in [3.8, 4) is 0 Å². The summed E-state index contributed by atoms with van der Waals surface area (Å²) in [6.45, 7) is 2.29. The van der Waals surface area contributed by atoms with Crippen LogP contribution in [0.3, 0.4) is 0 Å². The molecule has 0 bridgehead atoms. The number of nitrogens with zero attached hydrogens (tertiary/aromatic N) is 1. The van der Waals surface area contributed by atoms with E-state index in [1.807, 2.05) is 0 Å². The Morgan fingerprint density at radius 2 is 1.00 bits per heavy atom. The maximum Gasteiger partial charge on any atom is 0.132 e. The van der Waals surface area contributed by atoms with Crippen LogP contribution in [0.25, 0.3) is 0 Å². The lowest BCUT2D eigenvalue weighted by Crippen LogP contribution is -2.34. The minimum atomic E-state index is 0.902. The van der Waals surface area contributed by atoms with Crippen molar-refractivity contribution in [3.05, 3.63) is 29.8 Å². The number of hydrogen-bond donors (Lipinski definition) is 0. The molecule has 0 N–H and O–H groups in total. The minimum absolute atomic E-state index is 0.902. The third kappa shape index (κ3) is 10.1. The third-order valence-corrected chi connectivity index (χ3v) is 5.03. The Kier molecular flexibility index (Phi) is 11.1. The van der Waals surface area contributed by atoms with Crippen LogP contribution in [0.15, 0.2) is 24.3 Å². The number of hydrogen-bond acceptors (Lipinski definition) is 0. The Hall–Kier alpha value is -0.820. The van der Waals surface area contributed by atoms with Gasteiger partial charge < -0.3 is 0 Å². The fourth-order valence-electron chi connectivity index (χ4n) is 3.28. The molecule has 1 nitrogen and oxygen atoms in total. The zero-order valence-electron chi connectivity index (χ0n) is 16.9. The maximum atomic E-state index is 2.32. The van der Waals surface area contributed by atoms with Crippen LogP contribution in [0.2, 0.25) is 0 Å². The molecule has 0 saturated carbocycles. The molecule has 0 unspecified atom stereocenters. The van der Waals surface area contributed by atoms with Crippen molar-refractivity contribution in [1.29, 1.82) is 0 Å². The van der Waals surface area contributed by atoms with Gasteiger partial charge in [0.2, 0.25) is 0 Å². The van der Waals surface area contributed by atoms with Crippen LogP contribution in [-0.4, -0.2) is 21.1 Å². The van der Waals surface area contributed by atoms with Crippen LogP contribution in [0.4, 0.5) is 5.69 Å². The highest BCUT2D eigenvalue weighted by molar-refractivity contribution is 5.42. The van der Waals surface area contributed by atoms with Gasteiger partial charge in [-0.1, -0.05) is 89.7 Å². The predicted octanol–water partition coefficient (Wildman–Crippen LogP) is 7.13. The molecule has 0 atom stereocenters. The summed E-state index contributed by atoms with van der Waals surface area (Å²) in [5, 5.41) is 0. The van der Waals surface area contributed by atoms with Gasteiger partial charge in [-0.05, 0) is 30.5 Å². The minimum Gasteiger partial charge on any atom is -0.298 e. The average molecular weight is 333 g/mol. The summed E-state index contributed by atoms with van der Waals surface area (Å²) in [4.78, 5) is 0. The molecule has 138 valence electrons. The topological polar surface area (TPSA) is 0 Å². The van der Waals surface area contributed by atoms with Crippen LogP contribution in [0.1, 0.15) is 89.5 Å². The Morgan fingerprint density at radius 1 is 0.583 bits per heavy atom. The van der Waals surface area contributed by atoms with Crippen LogP contribution in [0, 0.1) is 0 Å². The Labute approximate surface area is 152 Å². The molecule has 0 spiro atoms. The van der Waals surface area contributed by atoms with Crippen molar-refractivity contribution in [2.45, 2.75) is 90.4 Å². The van der Waals surface area contributed by atoms with Gasteiger partial charge >= 0.3 is 0 Å². The molecular formula is C23H42N+. The standard InChI is InChI=1S/C23H42N/c1-5-6-7-8-9-10-11-12-13-14-15-16-17-22-18-20-23(21-19-22)24(2,3)4/h18-21H,5-17H2,1-4H3/q+1. The summed E-state index contributed by atoms with van der Waals surface area (Å²) in [5.41, 5.74) is 2.88. The van der Waals surface area contributed by atoms with Crippen LogP contribution in [-0.2, 0) is 6.42 Å². The van der Waals surface area contributed by atoms with Crippen molar-refractivity contribution in [2.24, 2.45) is 0 Å². The summed E-state index contributed by atoms with van der Waals surface area (Å²) in [5.74, 6) is 0. The van der Waals surface area contributed by atoms with E-state index >= 15 is 0 Å². The van der Waals surface area contributed by atoms with Crippen molar-refractivity contribution in [3.63, 3.8) is 0 Å². The molecule has 0 heterocycles. The van der Waals surface area contributed by atoms with Crippen molar-refractivity contribution in [1.82, 2.24) is 4.48 Å². The fourth-order valence-corrected chi connectivity index (χ4v) is 3.28. The van der Waals surface area contributed by atoms with E-state index in [-0.39, 0.29) is 0 Å². The molecule has 1 rings (SSSR count). The number of aryl methyl sites for hydroxylation is 1. The normalized spacial score (nSPS) is 11.8. The number of quaternary nitrogens is 1. The van der Waals surface area contributed by atoms with Gasteiger partial charge in [0.15, 0.2) is 0 Å². The number of benzene rings is 1. The number of unbranched alkanes of at least 4 members (excludes halogenated alkanes) is 11.